The lowest BCUT2D eigenvalue weighted by Gasteiger charge is -2.22. The maximum absolute atomic E-state index is 6.12. The van der Waals surface area contributed by atoms with Gasteiger partial charge in [-0.15, -0.1) is 0 Å². The molecule has 0 amide bonds. The van der Waals surface area contributed by atoms with Gasteiger partial charge in [0, 0.05) is 29.4 Å². The number of nitrogens with two attached hydrogens (primary N) is 1. The summed E-state index contributed by atoms with van der Waals surface area (Å²) in [6.45, 7) is 0. The van der Waals surface area contributed by atoms with Crippen molar-refractivity contribution in [2.24, 2.45) is 5.73 Å². The summed E-state index contributed by atoms with van der Waals surface area (Å²) >= 11 is 0. The van der Waals surface area contributed by atoms with Crippen molar-refractivity contribution in [3.63, 3.8) is 0 Å². The van der Waals surface area contributed by atoms with Crippen LogP contribution in [0.5, 0.6) is 0 Å². The number of hydrogen-bond acceptors (Lipinski definition) is 3. The first-order chi connectivity index (χ1) is 8.84. The quantitative estimate of drug-likeness (QED) is 0.773. The van der Waals surface area contributed by atoms with E-state index in [1.807, 2.05) is 6.20 Å². The van der Waals surface area contributed by atoms with Gasteiger partial charge >= 0.3 is 0 Å². The molecule has 1 unspecified atom stereocenters. The van der Waals surface area contributed by atoms with E-state index in [0.29, 0.717) is 5.92 Å². The molecule has 2 aliphatic carbocycles. The molecule has 0 aliphatic heterocycles. The third kappa shape index (κ3) is 2.41. The Morgan fingerprint density at radius 3 is 2.56 bits per heavy atom. The highest BCUT2D eigenvalue weighted by molar-refractivity contribution is 5.24. The minimum Gasteiger partial charge on any atom is -0.324 e. The molecule has 1 fully saturated rings. The number of rotatable bonds is 1. The van der Waals surface area contributed by atoms with Crippen LogP contribution in [0.3, 0.4) is 0 Å². The Morgan fingerprint density at radius 1 is 1.00 bits per heavy atom. The van der Waals surface area contributed by atoms with Gasteiger partial charge in [-0.3, -0.25) is 0 Å². The summed E-state index contributed by atoms with van der Waals surface area (Å²) in [5.74, 6) is 1.68. The third-order valence-electron chi connectivity index (χ3n) is 4.47. The fraction of sp³-hybridized carbons (Fsp3) is 0.733. The molecule has 2 N–H and O–H groups in total. The molecular weight excluding hydrogens is 222 g/mol. The van der Waals surface area contributed by atoms with E-state index in [2.05, 4.69) is 4.98 Å². The van der Waals surface area contributed by atoms with Gasteiger partial charge in [0.05, 0.1) is 0 Å². The monoisotopic (exact) mass is 245 g/mol. The van der Waals surface area contributed by atoms with Crippen LogP contribution in [0.25, 0.3) is 0 Å². The minimum atomic E-state index is 0.164. The Labute approximate surface area is 109 Å². The van der Waals surface area contributed by atoms with E-state index in [1.165, 1.54) is 56.2 Å². The Hall–Kier alpha value is -0.960. The van der Waals surface area contributed by atoms with Gasteiger partial charge in [0.1, 0.15) is 5.82 Å². The van der Waals surface area contributed by atoms with E-state index in [-0.39, 0.29) is 6.04 Å². The van der Waals surface area contributed by atoms with Gasteiger partial charge < -0.3 is 5.73 Å². The Balaban J connectivity index is 1.84. The maximum atomic E-state index is 6.12. The molecule has 1 saturated carbocycles. The topological polar surface area (TPSA) is 51.8 Å². The molecular formula is C15H23N3. The number of fused-ring (bicyclic) bond motifs is 1. The molecule has 98 valence electrons. The number of hydrogen-bond donors (Lipinski definition) is 1. The van der Waals surface area contributed by atoms with E-state index < -0.39 is 0 Å². The molecule has 1 aromatic rings. The van der Waals surface area contributed by atoms with Crippen LogP contribution in [0, 0.1) is 0 Å². The van der Waals surface area contributed by atoms with Crippen LogP contribution in [0.2, 0.25) is 0 Å². The SMILES string of the molecule is NC1CCCc2nc(C3CCCCCC3)ncc21. The molecule has 0 spiro atoms. The van der Waals surface area contributed by atoms with Crippen LogP contribution < -0.4 is 5.73 Å². The fourth-order valence-corrected chi connectivity index (χ4v) is 3.33. The largest absolute Gasteiger partial charge is 0.324 e. The van der Waals surface area contributed by atoms with Gasteiger partial charge in [-0.25, -0.2) is 9.97 Å². The molecule has 3 nitrogen and oxygen atoms in total. The number of nitrogens with zero attached hydrogens (tertiary/aromatic N) is 2. The fourth-order valence-electron chi connectivity index (χ4n) is 3.33. The van der Waals surface area contributed by atoms with Crippen molar-refractivity contribution in [3.05, 3.63) is 23.3 Å². The summed E-state index contributed by atoms with van der Waals surface area (Å²) in [4.78, 5) is 9.45. The van der Waals surface area contributed by atoms with Crippen LogP contribution in [-0.2, 0) is 6.42 Å². The van der Waals surface area contributed by atoms with Crippen molar-refractivity contribution >= 4 is 0 Å². The molecule has 2 aliphatic rings. The second kappa shape index (κ2) is 5.35. The highest BCUT2D eigenvalue weighted by Gasteiger charge is 2.22. The Bertz CT molecular complexity index is 408. The molecule has 0 radical (unpaired) electrons. The molecule has 1 heterocycles. The van der Waals surface area contributed by atoms with E-state index in [9.17, 15) is 0 Å². The smallest absolute Gasteiger partial charge is 0.131 e. The molecule has 1 atom stereocenters. The van der Waals surface area contributed by atoms with Gasteiger partial charge in [0.25, 0.3) is 0 Å². The number of aromatic nitrogens is 2. The summed E-state index contributed by atoms with van der Waals surface area (Å²) in [7, 11) is 0. The van der Waals surface area contributed by atoms with Crippen LogP contribution in [0.4, 0.5) is 0 Å². The molecule has 3 rings (SSSR count). The second-order valence-corrected chi connectivity index (χ2v) is 5.82. The second-order valence-electron chi connectivity index (χ2n) is 5.82. The molecule has 0 aromatic carbocycles. The predicted octanol–water partition coefficient (Wildman–Crippen LogP) is 3.25. The Kier molecular flexibility index (Phi) is 3.59. The van der Waals surface area contributed by atoms with Crippen LogP contribution in [0.1, 0.15) is 80.4 Å². The molecule has 3 heteroatoms. The summed E-state index contributed by atoms with van der Waals surface area (Å²) in [5.41, 5.74) is 8.54. The lowest BCUT2D eigenvalue weighted by Crippen LogP contribution is -2.20. The van der Waals surface area contributed by atoms with E-state index in [4.69, 9.17) is 10.7 Å². The summed E-state index contributed by atoms with van der Waals surface area (Å²) in [6.07, 6.45) is 13.3. The molecule has 0 saturated heterocycles. The van der Waals surface area contributed by atoms with Crippen LogP contribution in [-0.4, -0.2) is 9.97 Å². The average Bonchev–Trinajstić information content (AvgIpc) is 2.67. The highest BCUT2D eigenvalue weighted by atomic mass is 14.9. The van der Waals surface area contributed by atoms with Crippen molar-refractivity contribution in [1.82, 2.24) is 9.97 Å². The van der Waals surface area contributed by atoms with Crippen LogP contribution in [0.15, 0.2) is 6.20 Å². The van der Waals surface area contributed by atoms with E-state index in [0.717, 1.165) is 18.7 Å². The van der Waals surface area contributed by atoms with Crippen LogP contribution >= 0.6 is 0 Å². The van der Waals surface area contributed by atoms with Crippen molar-refractivity contribution in [3.8, 4) is 0 Å². The highest BCUT2D eigenvalue weighted by Crippen LogP contribution is 2.32. The van der Waals surface area contributed by atoms with Gasteiger partial charge in [0.15, 0.2) is 0 Å². The van der Waals surface area contributed by atoms with E-state index in [1.54, 1.807) is 0 Å². The zero-order chi connectivity index (χ0) is 12.4. The van der Waals surface area contributed by atoms with Gasteiger partial charge in [-0.1, -0.05) is 25.7 Å². The normalized spacial score (nSPS) is 25.5. The lowest BCUT2D eigenvalue weighted by molar-refractivity contribution is 0.526. The van der Waals surface area contributed by atoms with Crippen molar-refractivity contribution < 1.29 is 0 Å². The van der Waals surface area contributed by atoms with E-state index >= 15 is 0 Å². The van der Waals surface area contributed by atoms with Gasteiger partial charge in [-0.05, 0) is 32.1 Å². The van der Waals surface area contributed by atoms with Crippen molar-refractivity contribution in [2.45, 2.75) is 69.7 Å². The zero-order valence-corrected chi connectivity index (χ0v) is 11.1. The first-order valence-electron chi connectivity index (χ1n) is 7.46. The summed E-state index contributed by atoms with van der Waals surface area (Å²) in [5, 5.41) is 0. The molecule has 1 aromatic heterocycles. The minimum absolute atomic E-state index is 0.164. The zero-order valence-electron chi connectivity index (χ0n) is 11.1. The van der Waals surface area contributed by atoms with Gasteiger partial charge in [0.2, 0.25) is 0 Å². The standard InChI is InChI=1S/C15H23N3/c16-13-8-5-9-14-12(13)10-17-15(18-14)11-6-3-1-2-4-7-11/h10-11,13H,1-9,16H2. The first kappa shape index (κ1) is 12.1. The summed E-state index contributed by atoms with van der Waals surface area (Å²) in [6, 6.07) is 0.164. The van der Waals surface area contributed by atoms with Gasteiger partial charge in [-0.2, -0.15) is 0 Å². The molecule has 18 heavy (non-hydrogen) atoms. The average molecular weight is 245 g/mol. The van der Waals surface area contributed by atoms with Crippen molar-refractivity contribution in [2.75, 3.05) is 0 Å². The van der Waals surface area contributed by atoms with Crippen molar-refractivity contribution in [1.29, 1.82) is 0 Å². The summed E-state index contributed by atoms with van der Waals surface area (Å²) < 4.78 is 0. The Morgan fingerprint density at radius 2 is 1.78 bits per heavy atom. The number of aryl methyl sites for hydroxylation is 1. The lowest BCUT2D eigenvalue weighted by atomic mass is 9.92. The maximum Gasteiger partial charge on any atom is 0.131 e. The first-order valence-corrected chi connectivity index (χ1v) is 7.46. The predicted molar refractivity (Wildman–Crippen MR) is 72.3 cm³/mol. The molecule has 0 bridgehead atoms. The third-order valence-corrected chi connectivity index (χ3v) is 4.47.